The van der Waals surface area contributed by atoms with E-state index in [4.69, 9.17) is 16.3 Å². The van der Waals surface area contributed by atoms with Crippen molar-refractivity contribution in [3.63, 3.8) is 0 Å². The van der Waals surface area contributed by atoms with Crippen LogP contribution in [0, 0.1) is 23.0 Å². The third-order valence-corrected chi connectivity index (χ3v) is 10.0. The molecule has 0 unspecified atom stereocenters. The first kappa shape index (κ1) is 28.8. The van der Waals surface area contributed by atoms with E-state index in [-0.39, 0.29) is 73.4 Å². The highest BCUT2D eigenvalue weighted by Crippen LogP contribution is 2.47. The van der Waals surface area contributed by atoms with Gasteiger partial charge in [-0.05, 0) is 37.1 Å². The fourth-order valence-corrected chi connectivity index (χ4v) is 8.03. The summed E-state index contributed by atoms with van der Waals surface area (Å²) in [6.07, 6.45) is -1.03. The smallest absolute Gasteiger partial charge is 0.409 e. The first-order chi connectivity index (χ1) is 21.1. The standard InChI is InChI=1S/C29H24ClF3N6O4S/c30-18-6-16-23(22(33)21(18)15-2-3-19(32)24-20(15)17(8-34)26(44-24)37-28(41)42)35-27(36-25(16)38-10-14(40)11-38)43-12-29-4-1-5-39(29)9-13(31)7-29/h2-3,6,13-14,37,40H,1,4-5,7,9-12H2,(H,41,42)/t13-,29+/m1/s1. The van der Waals surface area contributed by atoms with E-state index in [1.807, 2.05) is 6.07 Å². The number of aliphatic hydroxyl groups is 1. The Hall–Kier alpha value is -3.90. The number of hydrogen-bond donors (Lipinski definition) is 3. The molecule has 3 saturated heterocycles. The van der Waals surface area contributed by atoms with Gasteiger partial charge in [-0.25, -0.2) is 18.0 Å². The molecule has 44 heavy (non-hydrogen) atoms. The number of ether oxygens (including phenoxy) is 1. The normalized spacial score (nSPS) is 21.9. The highest BCUT2D eigenvalue weighted by molar-refractivity contribution is 7.23. The van der Waals surface area contributed by atoms with Crippen LogP contribution in [0.25, 0.3) is 32.1 Å². The first-order valence-corrected chi connectivity index (χ1v) is 15.1. The largest absolute Gasteiger partial charge is 0.465 e. The van der Waals surface area contributed by atoms with Crippen molar-refractivity contribution in [3.8, 4) is 23.2 Å². The molecule has 10 nitrogen and oxygen atoms in total. The third-order valence-electron chi connectivity index (χ3n) is 8.63. The number of fused-ring (bicyclic) bond motifs is 3. The number of carboxylic acid groups (broad SMARTS) is 1. The Morgan fingerprint density at radius 2 is 2.09 bits per heavy atom. The first-order valence-electron chi connectivity index (χ1n) is 13.9. The zero-order chi connectivity index (χ0) is 30.9. The van der Waals surface area contributed by atoms with E-state index >= 15 is 4.39 Å². The fourth-order valence-electron chi connectivity index (χ4n) is 6.66. The van der Waals surface area contributed by atoms with Gasteiger partial charge in [0.25, 0.3) is 0 Å². The van der Waals surface area contributed by atoms with Gasteiger partial charge < -0.3 is 19.8 Å². The second kappa shape index (κ2) is 10.6. The van der Waals surface area contributed by atoms with E-state index in [1.165, 1.54) is 12.1 Å². The van der Waals surface area contributed by atoms with Gasteiger partial charge in [0.05, 0.1) is 26.9 Å². The van der Waals surface area contributed by atoms with E-state index in [2.05, 4.69) is 20.2 Å². The number of rotatable bonds is 6. The van der Waals surface area contributed by atoms with Crippen LogP contribution in [0.1, 0.15) is 24.8 Å². The highest BCUT2D eigenvalue weighted by Gasteiger charge is 2.49. The van der Waals surface area contributed by atoms with Gasteiger partial charge in [0.15, 0.2) is 5.82 Å². The van der Waals surface area contributed by atoms with Gasteiger partial charge in [0.1, 0.15) is 41.0 Å². The number of aromatic nitrogens is 2. The van der Waals surface area contributed by atoms with Crippen LogP contribution in [0.15, 0.2) is 18.2 Å². The maximum Gasteiger partial charge on any atom is 0.409 e. The molecule has 0 radical (unpaired) electrons. The lowest BCUT2D eigenvalue weighted by Gasteiger charge is -2.37. The lowest BCUT2D eigenvalue weighted by Crippen LogP contribution is -2.51. The molecule has 3 N–H and O–H groups in total. The number of β-amino-alcohol motifs (C(OH)–C–C–N with tert-alkyl or cyclic N) is 1. The Balaban J connectivity index is 1.38. The van der Waals surface area contributed by atoms with Crippen molar-refractivity contribution in [2.75, 3.05) is 43.0 Å². The molecule has 3 fully saturated rings. The lowest BCUT2D eigenvalue weighted by molar-refractivity contribution is 0.107. The van der Waals surface area contributed by atoms with Crippen LogP contribution in [0.5, 0.6) is 6.01 Å². The summed E-state index contributed by atoms with van der Waals surface area (Å²) < 4.78 is 51.9. The van der Waals surface area contributed by atoms with Crippen molar-refractivity contribution in [1.29, 1.82) is 5.26 Å². The summed E-state index contributed by atoms with van der Waals surface area (Å²) in [5, 5.41) is 31.3. The maximum absolute atomic E-state index is 16.7. The number of amides is 1. The van der Waals surface area contributed by atoms with Crippen LogP contribution < -0.4 is 15.0 Å². The molecule has 2 aromatic heterocycles. The van der Waals surface area contributed by atoms with Gasteiger partial charge in [0, 0.05) is 42.4 Å². The van der Waals surface area contributed by atoms with Crippen molar-refractivity contribution < 1.29 is 32.9 Å². The Kier molecular flexibility index (Phi) is 6.96. The van der Waals surface area contributed by atoms with Gasteiger partial charge in [-0.3, -0.25) is 10.2 Å². The Labute approximate surface area is 257 Å². The lowest BCUT2D eigenvalue weighted by atomic mass is 9.95. The SMILES string of the molecule is N#Cc1c(NC(=O)O)sc2c(F)ccc(-c3c(Cl)cc4c(N5CC(O)C5)nc(OC[C@@]56CCCN5C[C@H](F)C6)nc4c3F)c12. The van der Waals surface area contributed by atoms with Crippen molar-refractivity contribution in [2.45, 2.75) is 37.1 Å². The molecular formula is C29H24ClF3N6O4S. The number of aliphatic hydroxyl groups excluding tert-OH is 1. The number of nitriles is 1. The predicted octanol–water partition coefficient (Wildman–Crippen LogP) is 5.54. The number of nitrogens with zero attached hydrogens (tertiary/aromatic N) is 5. The molecule has 7 rings (SSSR count). The molecular weight excluding hydrogens is 621 g/mol. The zero-order valence-electron chi connectivity index (χ0n) is 22.9. The minimum atomic E-state index is -1.45. The summed E-state index contributed by atoms with van der Waals surface area (Å²) in [6, 6.07) is 5.60. The second-order valence-electron chi connectivity index (χ2n) is 11.3. The number of halogens is 4. The van der Waals surface area contributed by atoms with Crippen molar-refractivity contribution in [2.24, 2.45) is 0 Å². The van der Waals surface area contributed by atoms with Gasteiger partial charge in [-0.1, -0.05) is 17.7 Å². The van der Waals surface area contributed by atoms with Gasteiger partial charge in [-0.15, -0.1) is 11.3 Å². The molecule has 0 bridgehead atoms. The number of thiophene rings is 1. The van der Waals surface area contributed by atoms with Crippen LogP contribution in [0.3, 0.4) is 0 Å². The Bertz CT molecular complexity index is 1900. The van der Waals surface area contributed by atoms with Gasteiger partial charge in [0.2, 0.25) is 0 Å². The minimum absolute atomic E-state index is 0.000420. The summed E-state index contributed by atoms with van der Waals surface area (Å²) in [5.74, 6) is -1.31. The third kappa shape index (κ3) is 4.57. The molecule has 3 aliphatic rings. The summed E-state index contributed by atoms with van der Waals surface area (Å²) in [4.78, 5) is 24.1. The molecule has 2 atom stereocenters. The molecule has 1 amide bonds. The molecule has 2 aromatic carbocycles. The average Bonchev–Trinajstić information content (AvgIpc) is 3.61. The number of alkyl halides is 1. The summed E-state index contributed by atoms with van der Waals surface area (Å²) in [6.45, 7) is 1.69. The van der Waals surface area contributed by atoms with E-state index in [1.54, 1.807) is 4.90 Å². The molecule has 0 saturated carbocycles. The summed E-state index contributed by atoms with van der Waals surface area (Å²) in [7, 11) is 0. The molecule has 4 aromatic rings. The molecule has 15 heteroatoms. The Morgan fingerprint density at radius 3 is 2.82 bits per heavy atom. The quantitative estimate of drug-likeness (QED) is 0.247. The number of hydrogen-bond acceptors (Lipinski definition) is 9. The van der Waals surface area contributed by atoms with Crippen LogP contribution in [0.4, 0.5) is 28.8 Å². The summed E-state index contributed by atoms with van der Waals surface area (Å²) in [5.41, 5.74) is -0.933. The van der Waals surface area contributed by atoms with Crippen LogP contribution in [0.2, 0.25) is 5.02 Å². The number of anilines is 2. The van der Waals surface area contributed by atoms with Gasteiger partial charge in [-0.2, -0.15) is 15.2 Å². The molecule has 228 valence electrons. The number of nitrogens with one attached hydrogen (secondary N) is 1. The fraction of sp³-hybridized carbons (Fsp3) is 0.379. The van der Waals surface area contributed by atoms with E-state index in [9.17, 15) is 29.1 Å². The molecule has 3 aliphatic heterocycles. The zero-order valence-corrected chi connectivity index (χ0v) is 24.5. The van der Waals surface area contributed by atoms with Crippen LogP contribution in [-0.2, 0) is 0 Å². The van der Waals surface area contributed by atoms with Gasteiger partial charge >= 0.3 is 12.1 Å². The topological polar surface area (TPSA) is 135 Å². The van der Waals surface area contributed by atoms with Crippen LogP contribution in [-0.4, -0.2) is 81.8 Å². The summed E-state index contributed by atoms with van der Waals surface area (Å²) >= 11 is 7.39. The van der Waals surface area contributed by atoms with E-state index in [0.717, 1.165) is 25.5 Å². The van der Waals surface area contributed by atoms with E-state index < -0.39 is 35.5 Å². The Morgan fingerprint density at radius 1 is 1.30 bits per heavy atom. The average molecular weight is 645 g/mol. The number of benzene rings is 2. The van der Waals surface area contributed by atoms with E-state index in [0.29, 0.717) is 30.1 Å². The predicted molar refractivity (Wildman–Crippen MR) is 158 cm³/mol. The maximum atomic E-state index is 16.7. The second-order valence-corrected chi connectivity index (χ2v) is 12.8. The highest BCUT2D eigenvalue weighted by atomic mass is 35.5. The van der Waals surface area contributed by atoms with Crippen molar-refractivity contribution >= 4 is 60.8 Å². The molecule has 5 heterocycles. The monoisotopic (exact) mass is 644 g/mol. The van der Waals surface area contributed by atoms with Crippen LogP contribution >= 0.6 is 22.9 Å². The molecule has 0 spiro atoms. The van der Waals surface area contributed by atoms with Crippen molar-refractivity contribution in [3.05, 3.63) is 40.4 Å². The molecule has 0 aliphatic carbocycles. The van der Waals surface area contributed by atoms with Crippen molar-refractivity contribution in [1.82, 2.24) is 14.9 Å². The number of carbonyl (C=O) groups is 1. The minimum Gasteiger partial charge on any atom is -0.465 e.